The van der Waals surface area contributed by atoms with Crippen LogP contribution in [0.4, 0.5) is 5.82 Å². The van der Waals surface area contributed by atoms with Gasteiger partial charge in [0.1, 0.15) is 17.0 Å². The van der Waals surface area contributed by atoms with Crippen LogP contribution in [0.25, 0.3) is 10.2 Å². The first-order valence-electron chi connectivity index (χ1n) is 12.0. The summed E-state index contributed by atoms with van der Waals surface area (Å²) in [4.78, 5) is 38.9. The predicted octanol–water partition coefficient (Wildman–Crippen LogP) is 4.37. The van der Waals surface area contributed by atoms with Crippen LogP contribution < -0.4 is 15.5 Å². The van der Waals surface area contributed by atoms with Crippen LogP contribution in [0.15, 0.2) is 30.6 Å². The molecule has 3 heterocycles. The van der Waals surface area contributed by atoms with Crippen molar-refractivity contribution in [2.24, 2.45) is 5.92 Å². The Morgan fingerprint density at radius 3 is 2.71 bits per heavy atom. The van der Waals surface area contributed by atoms with Gasteiger partial charge in [-0.3, -0.25) is 9.59 Å². The molecule has 4 rings (SSSR count). The number of aryl methyl sites for hydroxylation is 2. The van der Waals surface area contributed by atoms with E-state index in [1.165, 1.54) is 10.4 Å². The molecule has 1 aliphatic rings. The lowest BCUT2D eigenvalue weighted by molar-refractivity contribution is -0.125. The Kier molecular flexibility index (Phi) is 7.46. The Bertz CT molecular complexity index is 1180. The summed E-state index contributed by atoms with van der Waals surface area (Å²) in [5.41, 5.74) is 2.79. The van der Waals surface area contributed by atoms with Crippen LogP contribution >= 0.6 is 11.3 Å². The van der Waals surface area contributed by atoms with E-state index in [1.807, 2.05) is 32.0 Å². The number of hydrogen-bond acceptors (Lipinski definition) is 6. The minimum absolute atomic E-state index is 0.0178. The molecule has 1 saturated heterocycles. The number of fused-ring (bicyclic) bond motifs is 1. The summed E-state index contributed by atoms with van der Waals surface area (Å²) in [6.45, 7) is 10.3. The minimum atomic E-state index is -0.0789. The van der Waals surface area contributed by atoms with Crippen LogP contribution in [0.5, 0.6) is 0 Å². The molecule has 8 heteroatoms. The number of thiophene rings is 1. The molecule has 2 aromatic heterocycles. The molecule has 0 bridgehead atoms. The molecule has 7 nitrogen and oxygen atoms in total. The highest BCUT2D eigenvalue weighted by molar-refractivity contribution is 7.18. The van der Waals surface area contributed by atoms with Crippen LogP contribution in [-0.4, -0.2) is 40.9 Å². The Morgan fingerprint density at radius 1 is 1.21 bits per heavy atom. The lowest BCUT2D eigenvalue weighted by atomic mass is 9.95. The molecule has 1 fully saturated rings. The fraction of sp³-hybridized carbons (Fsp3) is 0.462. The van der Waals surface area contributed by atoms with E-state index in [4.69, 9.17) is 0 Å². The predicted molar refractivity (Wildman–Crippen MR) is 137 cm³/mol. The third-order valence-corrected chi connectivity index (χ3v) is 7.87. The van der Waals surface area contributed by atoms with Crippen molar-refractivity contribution in [1.29, 1.82) is 0 Å². The monoisotopic (exact) mass is 479 g/mol. The summed E-state index contributed by atoms with van der Waals surface area (Å²) in [5, 5.41) is 7.20. The third-order valence-electron chi connectivity index (χ3n) is 6.76. The van der Waals surface area contributed by atoms with E-state index < -0.39 is 0 Å². The summed E-state index contributed by atoms with van der Waals surface area (Å²) < 4.78 is 0. The maximum Gasteiger partial charge on any atom is 0.251 e. The van der Waals surface area contributed by atoms with Gasteiger partial charge in [0.2, 0.25) is 5.91 Å². The van der Waals surface area contributed by atoms with Gasteiger partial charge < -0.3 is 15.5 Å². The number of hydrogen-bond donors (Lipinski definition) is 2. The maximum absolute atomic E-state index is 12.9. The molecule has 2 N–H and O–H groups in total. The summed E-state index contributed by atoms with van der Waals surface area (Å²) >= 11 is 1.71. The number of nitrogens with one attached hydrogen (secondary N) is 2. The maximum atomic E-state index is 12.9. The summed E-state index contributed by atoms with van der Waals surface area (Å²) in [6, 6.07) is 7.59. The number of anilines is 1. The second-order valence-corrected chi connectivity index (χ2v) is 10.3. The van der Waals surface area contributed by atoms with E-state index >= 15 is 0 Å². The fourth-order valence-electron chi connectivity index (χ4n) is 4.32. The molecule has 180 valence electrons. The Morgan fingerprint density at radius 2 is 1.97 bits per heavy atom. The number of piperidine rings is 1. The van der Waals surface area contributed by atoms with Gasteiger partial charge in [0.25, 0.3) is 5.91 Å². The average Bonchev–Trinajstić information content (AvgIpc) is 3.16. The van der Waals surface area contributed by atoms with Crippen molar-refractivity contribution in [1.82, 2.24) is 20.6 Å². The molecule has 0 saturated carbocycles. The Balaban J connectivity index is 1.33. The molecule has 1 atom stereocenters. The van der Waals surface area contributed by atoms with E-state index in [9.17, 15) is 9.59 Å². The van der Waals surface area contributed by atoms with Crippen molar-refractivity contribution in [3.8, 4) is 0 Å². The number of amides is 2. The van der Waals surface area contributed by atoms with E-state index in [2.05, 4.69) is 39.3 Å². The minimum Gasteiger partial charge on any atom is -0.356 e. The number of nitrogens with zero attached hydrogens (tertiary/aromatic N) is 3. The molecule has 3 aromatic rings. The topological polar surface area (TPSA) is 87.2 Å². The number of rotatable bonds is 7. The third kappa shape index (κ3) is 5.22. The van der Waals surface area contributed by atoms with E-state index in [0.717, 1.165) is 53.9 Å². The normalized spacial score (nSPS) is 15.4. The van der Waals surface area contributed by atoms with E-state index in [-0.39, 0.29) is 23.8 Å². The zero-order valence-electron chi connectivity index (χ0n) is 20.4. The van der Waals surface area contributed by atoms with Crippen molar-refractivity contribution in [3.05, 3.63) is 52.2 Å². The van der Waals surface area contributed by atoms with Gasteiger partial charge in [-0.2, -0.15) is 0 Å². The second kappa shape index (κ2) is 10.5. The molecule has 0 spiro atoms. The largest absolute Gasteiger partial charge is 0.356 e. The zero-order valence-corrected chi connectivity index (χ0v) is 21.2. The van der Waals surface area contributed by atoms with Crippen molar-refractivity contribution in [2.45, 2.75) is 59.5 Å². The highest BCUT2D eigenvalue weighted by Crippen LogP contribution is 2.35. The van der Waals surface area contributed by atoms with Gasteiger partial charge in [-0.15, -0.1) is 11.3 Å². The molecular formula is C26H33N5O2S. The Hall–Kier alpha value is -3.00. The summed E-state index contributed by atoms with van der Waals surface area (Å²) in [7, 11) is 0. The van der Waals surface area contributed by atoms with Gasteiger partial charge in [-0.1, -0.05) is 19.1 Å². The van der Waals surface area contributed by atoms with Gasteiger partial charge in [0, 0.05) is 42.0 Å². The van der Waals surface area contributed by atoms with Gasteiger partial charge >= 0.3 is 0 Å². The zero-order chi connectivity index (χ0) is 24.2. The molecular weight excluding hydrogens is 446 g/mol. The molecule has 1 unspecified atom stereocenters. The second-order valence-electron chi connectivity index (χ2n) is 9.12. The molecule has 1 aromatic carbocycles. The first-order chi connectivity index (χ1) is 16.4. The Labute approximate surface area is 205 Å². The lowest BCUT2D eigenvalue weighted by Gasteiger charge is -2.32. The highest BCUT2D eigenvalue weighted by Gasteiger charge is 2.27. The number of aromatic nitrogens is 2. The van der Waals surface area contributed by atoms with Crippen LogP contribution in [0.1, 0.15) is 59.5 Å². The van der Waals surface area contributed by atoms with Crippen molar-refractivity contribution < 1.29 is 9.59 Å². The van der Waals surface area contributed by atoms with Crippen LogP contribution in [0, 0.1) is 19.8 Å². The summed E-state index contributed by atoms with van der Waals surface area (Å²) in [5.74, 6) is 0.961. The first-order valence-corrected chi connectivity index (χ1v) is 12.8. The van der Waals surface area contributed by atoms with E-state index in [1.54, 1.807) is 23.7 Å². The van der Waals surface area contributed by atoms with Crippen molar-refractivity contribution in [2.75, 3.05) is 18.0 Å². The number of carbonyl (C=O) groups is 2. The van der Waals surface area contributed by atoms with Crippen LogP contribution in [0.2, 0.25) is 0 Å². The van der Waals surface area contributed by atoms with Gasteiger partial charge in [0.15, 0.2) is 0 Å². The van der Waals surface area contributed by atoms with Crippen LogP contribution in [-0.2, 0) is 11.3 Å². The molecule has 1 aliphatic heterocycles. The smallest absolute Gasteiger partial charge is 0.251 e. The van der Waals surface area contributed by atoms with E-state index in [0.29, 0.717) is 12.1 Å². The van der Waals surface area contributed by atoms with Gasteiger partial charge in [0.05, 0.1) is 5.39 Å². The molecule has 2 amide bonds. The summed E-state index contributed by atoms with van der Waals surface area (Å²) in [6.07, 6.45) is 4.10. The van der Waals surface area contributed by atoms with Crippen molar-refractivity contribution >= 4 is 39.2 Å². The van der Waals surface area contributed by atoms with Crippen LogP contribution in [0.3, 0.4) is 0 Å². The SMILES string of the molecule is CCC(C)NC(=O)c1cccc(CNC(=O)C2CCN(c3ncnc4sc(C)c(C)c34)CC2)c1. The van der Waals surface area contributed by atoms with Gasteiger partial charge in [-0.05, 0) is 63.3 Å². The highest BCUT2D eigenvalue weighted by atomic mass is 32.1. The fourth-order valence-corrected chi connectivity index (χ4v) is 5.31. The van der Waals surface area contributed by atoms with Crippen molar-refractivity contribution in [3.63, 3.8) is 0 Å². The quantitative estimate of drug-likeness (QED) is 0.525. The number of carbonyl (C=O) groups excluding carboxylic acids is 2. The average molecular weight is 480 g/mol. The van der Waals surface area contributed by atoms with Gasteiger partial charge in [-0.25, -0.2) is 9.97 Å². The molecule has 34 heavy (non-hydrogen) atoms. The lowest BCUT2D eigenvalue weighted by Crippen LogP contribution is -2.40. The molecule has 0 aliphatic carbocycles. The number of benzene rings is 1. The standard InChI is InChI=1S/C26H33N5O2S/c1-5-16(2)30-25(33)21-8-6-7-19(13-21)14-27-24(32)20-9-11-31(12-10-20)23-22-17(3)18(4)34-26(22)29-15-28-23/h6-8,13,15-16,20H,5,9-12,14H2,1-4H3,(H,27,32)(H,30,33). The first kappa shape index (κ1) is 24.1. The molecule has 0 radical (unpaired) electrons.